The molecule has 3 heteroatoms. The molecule has 0 spiro atoms. The highest BCUT2D eigenvalue weighted by Crippen LogP contribution is 2.21. The lowest BCUT2D eigenvalue weighted by molar-refractivity contribution is 0.0985. The van der Waals surface area contributed by atoms with Crippen LogP contribution in [0.15, 0.2) is 24.4 Å². The minimum Gasteiger partial charge on any atom is -0.350 e. The van der Waals surface area contributed by atoms with Gasteiger partial charge in [-0.15, -0.1) is 0 Å². The number of aryl methyl sites for hydroxylation is 2. The summed E-state index contributed by atoms with van der Waals surface area (Å²) in [7, 11) is 2.01. The van der Waals surface area contributed by atoms with Gasteiger partial charge in [0.05, 0.1) is 5.52 Å². The second-order valence-electron chi connectivity index (χ2n) is 4.12. The number of carbonyl (C=O) groups excluding carboxylic acids is 1. The summed E-state index contributed by atoms with van der Waals surface area (Å²) in [6.07, 6.45) is 2.42. The van der Waals surface area contributed by atoms with E-state index in [2.05, 4.69) is 4.57 Å². The summed E-state index contributed by atoms with van der Waals surface area (Å²) in [5.41, 5.74) is 8.48. The summed E-state index contributed by atoms with van der Waals surface area (Å²) < 4.78 is 2.07. The minimum absolute atomic E-state index is 0.122. The molecule has 0 bridgehead atoms. The van der Waals surface area contributed by atoms with E-state index in [9.17, 15) is 4.79 Å². The van der Waals surface area contributed by atoms with Gasteiger partial charge in [-0.3, -0.25) is 4.79 Å². The minimum atomic E-state index is 0.122. The summed E-state index contributed by atoms with van der Waals surface area (Å²) in [5.74, 6) is 0.122. The Balaban J connectivity index is 2.54. The highest BCUT2D eigenvalue weighted by Gasteiger charge is 2.09. The average Bonchev–Trinajstić information content (AvgIpc) is 2.61. The molecule has 0 amide bonds. The van der Waals surface area contributed by atoms with Gasteiger partial charge in [0.1, 0.15) is 0 Å². The van der Waals surface area contributed by atoms with Gasteiger partial charge in [0, 0.05) is 30.6 Å². The SMILES string of the molecule is Cc1cc(C(=O)CCN)cc2ccn(C)c12. The van der Waals surface area contributed by atoms with Gasteiger partial charge < -0.3 is 10.3 Å². The normalized spacial score (nSPS) is 10.9. The van der Waals surface area contributed by atoms with Crippen LogP contribution in [0.4, 0.5) is 0 Å². The van der Waals surface area contributed by atoms with E-state index in [1.165, 1.54) is 5.52 Å². The van der Waals surface area contributed by atoms with Crippen LogP contribution in [0.5, 0.6) is 0 Å². The molecule has 2 aromatic rings. The molecule has 0 unspecified atom stereocenters. The van der Waals surface area contributed by atoms with Crippen LogP contribution in [0.25, 0.3) is 10.9 Å². The van der Waals surface area contributed by atoms with Gasteiger partial charge in [0.25, 0.3) is 0 Å². The second-order valence-corrected chi connectivity index (χ2v) is 4.12. The topological polar surface area (TPSA) is 48.0 Å². The van der Waals surface area contributed by atoms with Crippen LogP contribution in [0.2, 0.25) is 0 Å². The number of benzene rings is 1. The van der Waals surface area contributed by atoms with E-state index in [1.807, 2.05) is 38.4 Å². The lowest BCUT2D eigenvalue weighted by Crippen LogP contribution is -2.08. The van der Waals surface area contributed by atoms with E-state index >= 15 is 0 Å². The molecule has 0 aliphatic rings. The zero-order valence-corrected chi connectivity index (χ0v) is 9.66. The number of ketones is 1. The fourth-order valence-electron chi connectivity index (χ4n) is 2.12. The van der Waals surface area contributed by atoms with Gasteiger partial charge in [-0.1, -0.05) is 0 Å². The average molecular weight is 216 g/mol. The van der Waals surface area contributed by atoms with E-state index in [0.29, 0.717) is 13.0 Å². The van der Waals surface area contributed by atoms with Crippen molar-refractivity contribution in [1.82, 2.24) is 4.57 Å². The van der Waals surface area contributed by atoms with Crippen LogP contribution >= 0.6 is 0 Å². The second kappa shape index (κ2) is 4.10. The maximum atomic E-state index is 11.8. The fraction of sp³-hybridized carbons (Fsp3) is 0.308. The molecule has 3 nitrogen and oxygen atoms in total. The lowest BCUT2D eigenvalue weighted by atomic mass is 10.0. The van der Waals surface area contributed by atoms with Crippen molar-refractivity contribution >= 4 is 16.7 Å². The van der Waals surface area contributed by atoms with Gasteiger partial charge in [0.2, 0.25) is 0 Å². The monoisotopic (exact) mass is 216 g/mol. The Morgan fingerprint density at radius 2 is 2.19 bits per heavy atom. The number of Topliss-reactive ketones (excluding diaryl/α,β-unsaturated/α-hetero) is 1. The third-order valence-corrected chi connectivity index (χ3v) is 2.85. The molecule has 0 atom stereocenters. The third kappa shape index (κ3) is 1.74. The van der Waals surface area contributed by atoms with Crippen molar-refractivity contribution in [3.63, 3.8) is 0 Å². The van der Waals surface area contributed by atoms with Gasteiger partial charge >= 0.3 is 0 Å². The molecular formula is C13H16N2O. The Labute approximate surface area is 94.9 Å². The molecule has 1 heterocycles. The van der Waals surface area contributed by atoms with E-state index < -0.39 is 0 Å². The summed E-state index contributed by atoms with van der Waals surface area (Å²) >= 11 is 0. The summed E-state index contributed by atoms with van der Waals surface area (Å²) in [6.45, 7) is 2.44. The number of hydrogen-bond donors (Lipinski definition) is 1. The Bertz CT molecular complexity index is 540. The van der Waals surface area contributed by atoms with Gasteiger partial charge in [-0.2, -0.15) is 0 Å². The largest absolute Gasteiger partial charge is 0.350 e. The first-order valence-electron chi connectivity index (χ1n) is 5.42. The smallest absolute Gasteiger partial charge is 0.164 e. The van der Waals surface area contributed by atoms with Crippen molar-refractivity contribution in [2.45, 2.75) is 13.3 Å². The van der Waals surface area contributed by atoms with E-state index in [1.54, 1.807) is 0 Å². The van der Waals surface area contributed by atoms with Crippen molar-refractivity contribution in [2.24, 2.45) is 12.8 Å². The molecule has 0 aliphatic carbocycles. The van der Waals surface area contributed by atoms with Crippen molar-refractivity contribution in [3.05, 3.63) is 35.5 Å². The molecule has 2 N–H and O–H groups in total. The van der Waals surface area contributed by atoms with Crippen LogP contribution in [-0.4, -0.2) is 16.9 Å². The lowest BCUT2D eigenvalue weighted by Gasteiger charge is -2.05. The predicted molar refractivity (Wildman–Crippen MR) is 65.7 cm³/mol. The van der Waals surface area contributed by atoms with Gasteiger partial charge in [-0.25, -0.2) is 0 Å². The number of rotatable bonds is 3. The number of fused-ring (bicyclic) bond motifs is 1. The number of nitrogens with two attached hydrogens (primary N) is 1. The summed E-state index contributed by atoms with van der Waals surface area (Å²) in [5, 5.41) is 1.11. The molecule has 2 rings (SSSR count). The Morgan fingerprint density at radius 3 is 2.88 bits per heavy atom. The number of nitrogens with zero attached hydrogens (tertiary/aromatic N) is 1. The number of aromatic nitrogens is 1. The number of hydrogen-bond acceptors (Lipinski definition) is 2. The Morgan fingerprint density at radius 1 is 1.44 bits per heavy atom. The summed E-state index contributed by atoms with van der Waals surface area (Å²) in [4.78, 5) is 11.8. The molecule has 0 aliphatic heterocycles. The maximum Gasteiger partial charge on any atom is 0.164 e. The fourth-order valence-corrected chi connectivity index (χ4v) is 2.12. The van der Waals surface area contributed by atoms with E-state index in [4.69, 9.17) is 5.73 Å². The highest BCUT2D eigenvalue weighted by molar-refractivity contribution is 6.00. The molecular weight excluding hydrogens is 200 g/mol. The van der Waals surface area contributed by atoms with Gasteiger partial charge in [-0.05, 0) is 37.2 Å². The Hall–Kier alpha value is -1.61. The first kappa shape index (κ1) is 10.9. The van der Waals surface area contributed by atoms with Crippen LogP contribution in [-0.2, 0) is 7.05 Å². The number of carbonyl (C=O) groups is 1. The molecule has 1 aromatic carbocycles. The van der Waals surface area contributed by atoms with Crippen molar-refractivity contribution in [3.8, 4) is 0 Å². The van der Waals surface area contributed by atoms with Crippen LogP contribution in [0, 0.1) is 6.92 Å². The van der Waals surface area contributed by atoms with Crippen molar-refractivity contribution in [1.29, 1.82) is 0 Å². The molecule has 1 aromatic heterocycles. The first-order chi connectivity index (χ1) is 7.63. The van der Waals surface area contributed by atoms with Crippen LogP contribution < -0.4 is 5.73 Å². The molecule has 0 saturated heterocycles. The van der Waals surface area contributed by atoms with E-state index in [-0.39, 0.29) is 5.78 Å². The first-order valence-corrected chi connectivity index (χ1v) is 5.42. The highest BCUT2D eigenvalue weighted by atomic mass is 16.1. The third-order valence-electron chi connectivity index (χ3n) is 2.85. The zero-order valence-electron chi connectivity index (χ0n) is 9.66. The van der Waals surface area contributed by atoms with Gasteiger partial charge in [0.15, 0.2) is 5.78 Å². The zero-order chi connectivity index (χ0) is 11.7. The molecule has 0 fully saturated rings. The van der Waals surface area contributed by atoms with E-state index in [0.717, 1.165) is 16.5 Å². The predicted octanol–water partition coefficient (Wildman–Crippen LogP) is 2.02. The van der Waals surface area contributed by atoms with Crippen LogP contribution in [0.3, 0.4) is 0 Å². The standard InChI is InChI=1S/C13H16N2O/c1-9-7-11(12(16)3-5-14)8-10-4-6-15(2)13(9)10/h4,6-8H,3,5,14H2,1-2H3. The van der Waals surface area contributed by atoms with Crippen molar-refractivity contribution < 1.29 is 4.79 Å². The van der Waals surface area contributed by atoms with Crippen molar-refractivity contribution in [2.75, 3.05) is 6.54 Å². The quantitative estimate of drug-likeness (QED) is 0.798. The maximum absolute atomic E-state index is 11.8. The summed E-state index contributed by atoms with van der Waals surface area (Å²) in [6, 6.07) is 5.92. The Kier molecular flexibility index (Phi) is 2.79. The molecule has 84 valence electrons. The molecule has 0 saturated carbocycles. The van der Waals surface area contributed by atoms with Crippen LogP contribution in [0.1, 0.15) is 22.3 Å². The molecule has 0 radical (unpaired) electrons. The molecule has 16 heavy (non-hydrogen) atoms.